The zero-order chi connectivity index (χ0) is 32.3. The van der Waals surface area contributed by atoms with Crippen molar-refractivity contribution in [1.82, 2.24) is 19.8 Å². The van der Waals surface area contributed by atoms with Crippen molar-refractivity contribution >= 4 is 22.3 Å². The Bertz CT molecular complexity index is 1590. The van der Waals surface area contributed by atoms with E-state index in [0.29, 0.717) is 45.7 Å². The van der Waals surface area contributed by atoms with Crippen LogP contribution in [0.3, 0.4) is 0 Å². The van der Waals surface area contributed by atoms with E-state index in [-0.39, 0.29) is 38.0 Å². The minimum absolute atomic E-state index is 0.0712. The molecule has 3 aliphatic rings. The molecule has 4 heterocycles. The number of ether oxygens (including phenoxy) is 1. The molecule has 244 valence electrons. The standard InChI is InChI=1S/C35H43F2N7O2/c1-3-31(45)44-19-18-43(22-27(44)13-15-38)33-28-11-6-17-42(30-12-5-10-26-9-4-8-25(2)32(26)30)23-29(28)39-34(40-33)46-21-20-41-16-7-14-35(36,37)24-41/h3-5,8-10,12,27,31,45H,1,6-7,11,13-14,16-24H2,2H3. The molecule has 0 aliphatic carbocycles. The third-order valence-electron chi connectivity index (χ3n) is 9.49. The number of rotatable bonds is 9. The molecule has 0 bridgehead atoms. The molecule has 2 fully saturated rings. The maximum atomic E-state index is 14.0. The first-order valence-electron chi connectivity index (χ1n) is 16.3. The van der Waals surface area contributed by atoms with Crippen LogP contribution in [0, 0.1) is 18.3 Å². The lowest BCUT2D eigenvalue weighted by atomic mass is 10.0. The summed E-state index contributed by atoms with van der Waals surface area (Å²) in [6.07, 6.45) is 3.00. The van der Waals surface area contributed by atoms with E-state index in [4.69, 9.17) is 14.7 Å². The fraction of sp³-hybridized carbons (Fsp3) is 0.514. The lowest BCUT2D eigenvalue weighted by molar-refractivity contribution is -0.0658. The molecule has 0 amide bonds. The highest BCUT2D eigenvalue weighted by Crippen LogP contribution is 2.35. The summed E-state index contributed by atoms with van der Waals surface area (Å²) in [6.45, 7) is 9.89. The van der Waals surface area contributed by atoms with Crippen LogP contribution in [-0.2, 0) is 13.0 Å². The van der Waals surface area contributed by atoms with Gasteiger partial charge < -0.3 is 19.6 Å². The number of aliphatic hydroxyl groups excluding tert-OH is 1. The molecule has 1 aromatic heterocycles. The van der Waals surface area contributed by atoms with Gasteiger partial charge in [-0.3, -0.25) is 9.80 Å². The van der Waals surface area contributed by atoms with Crippen LogP contribution in [-0.4, -0.2) is 95.5 Å². The van der Waals surface area contributed by atoms with Crippen molar-refractivity contribution in [3.63, 3.8) is 0 Å². The van der Waals surface area contributed by atoms with E-state index in [9.17, 15) is 19.1 Å². The number of fused-ring (bicyclic) bond motifs is 2. The second-order valence-electron chi connectivity index (χ2n) is 12.7. The first kappa shape index (κ1) is 32.1. The average Bonchev–Trinajstić information content (AvgIpc) is 3.26. The number of hydrogen-bond acceptors (Lipinski definition) is 9. The highest BCUT2D eigenvalue weighted by atomic mass is 19.3. The Balaban J connectivity index is 1.32. The molecular weight excluding hydrogens is 588 g/mol. The van der Waals surface area contributed by atoms with E-state index in [2.05, 4.69) is 65.8 Å². The van der Waals surface area contributed by atoms with Crippen molar-refractivity contribution in [3.05, 3.63) is 65.9 Å². The largest absolute Gasteiger partial charge is 0.462 e. The average molecular weight is 632 g/mol. The van der Waals surface area contributed by atoms with E-state index in [1.165, 1.54) is 28.1 Å². The van der Waals surface area contributed by atoms with Gasteiger partial charge in [0.25, 0.3) is 5.92 Å². The lowest BCUT2D eigenvalue weighted by Crippen LogP contribution is -2.56. The quantitative estimate of drug-likeness (QED) is 0.331. The Kier molecular flexibility index (Phi) is 9.68. The maximum Gasteiger partial charge on any atom is 0.318 e. The number of aromatic nitrogens is 2. The monoisotopic (exact) mass is 631 g/mol. The Morgan fingerprint density at radius 2 is 1.96 bits per heavy atom. The van der Waals surface area contributed by atoms with Crippen molar-refractivity contribution in [2.45, 2.75) is 63.8 Å². The Hall–Kier alpha value is -3.85. The second-order valence-corrected chi connectivity index (χ2v) is 12.7. The summed E-state index contributed by atoms with van der Waals surface area (Å²) in [5.74, 6) is -1.88. The third kappa shape index (κ3) is 6.94. The van der Waals surface area contributed by atoms with Crippen LogP contribution in [0.1, 0.15) is 42.5 Å². The molecule has 2 unspecified atom stereocenters. The number of hydrogen-bond donors (Lipinski definition) is 1. The van der Waals surface area contributed by atoms with Gasteiger partial charge in [-0.2, -0.15) is 15.2 Å². The van der Waals surface area contributed by atoms with Gasteiger partial charge in [0, 0.05) is 61.8 Å². The molecule has 0 saturated carbocycles. The number of halogens is 2. The number of alkyl halides is 2. The van der Waals surface area contributed by atoms with Crippen LogP contribution in [0.25, 0.3) is 10.8 Å². The highest BCUT2D eigenvalue weighted by Gasteiger charge is 2.36. The number of benzene rings is 2. The lowest BCUT2D eigenvalue weighted by Gasteiger charge is -2.43. The predicted molar refractivity (Wildman–Crippen MR) is 175 cm³/mol. The van der Waals surface area contributed by atoms with Crippen molar-refractivity contribution in [2.24, 2.45) is 0 Å². The Morgan fingerprint density at radius 1 is 1.13 bits per heavy atom. The fourth-order valence-corrected chi connectivity index (χ4v) is 7.23. The van der Waals surface area contributed by atoms with Gasteiger partial charge in [-0.25, -0.2) is 8.78 Å². The highest BCUT2D eigenvalue weighted by molar-refractivity contribution is 5.96. The SMILES string of the molecule is C=CC(O)N1CCN(c2nc(OCCN3CCCC(F)(F)C3)nc3c2CCCN(c2cccc4cccc(C)c24)C3)CC1CC#N. The number of piperidine rings is 1. The molecule has 9 nitrogen and oxygen atoms in total. The van der Waals surface area contributed by atoms with E-state index >= 15 is 0 Å². The summed E-state index contributed by atoms with van der Waals surface area (Å²) in [7, 11) is 0. The van der Waals surface area contributed by atoms with Gasteiger partial charge in [-0.15, -0.1) is 0 Å². The van der Waals surface area contributed by atoms with E-state index in [1.54, 1.807) is 4.90 Å². The number of likely N-dealkylation sites (tertiary alicyclic amines) is 1. The van der Waals surface area contributed by atoms with Crippen molar-refractivity contribution < 1.29 is 18.6 Å². The molecule has 6 rings (SSSR count). The minimum atomic E-state index is -2.67. The summed E-state index contributed by atoms with van der Waals surface area (Å²) >= 11 is 0. The topological polar surface area (TPSA) is 92.0 Å². The summed E-state index contributed by atoms with van der Waals surface area (Å²) in [4.78, 5) is 18.1. The summed E-state index contributed by atoms with van der Waals surface area (Å²) in [6, 6.07) is 15.1. The van der Waals surface area contributed by atoms with Crippen LogP contribution in [0.15, 0.2) is 49.1 Å². The Labute approximate surface area is 269 Å². The van der Waals surface area contributed by atoms with Crippen molar-refractivity contribution in [1.29, 1.82) is 5.26 Å². The molecule has 3 aliphatic heterocycles. The summed E-state index contributed by atoms with van der Waals surface area (Å²) < 4.78 is 34.2. The predicted octanol–water partition coefficient (Wildman–Crippen LogP) is 4.91. The van der Waals surface area contributed by atoms with E-state index in [1.807, 2.05) is 4.90 Å². The number of nitrogens with zero attached hydrogens (tertiary/aromatic N) is 7. The number of aliphatic hydroxyl groups is 1. The molecule has 2 saturated heterocycles. The number of aryl methyl sites for hydroxylation is 1. The minimum Gasteiger partial charge on any atom is -0.462 e. The molecule has 1 N–H and O–H groups in total. The van der Waals surface area contributed by atoms with Gasteiger partial charge in [0.05, 0.1) is 31.3 Å². The summed E-state index contributed by atoms with van der Waals surface area (Å²) in [5.41, 5.74) is 4.34. The molecule has 0 radical (unpaired) electrons. The van der Waals surface area contributed by atoms with Crippen LogP contribution in [0.2, 0.25) is 0 Å². The first-order chi connectivity index (χ1) is 22.3. The first-order valence-corrected chi connectivity index (χ1v) is 16.3. The zero-order valence-corrected chi connectivity index (χ0v) is 26.5. The van der Waals surface area contributed by atoms with Gasteiger partial charge >= 0.3 is 6.01 Å². The maximum absolute atomic E-state index is 14.0. The fourth-order valence-electron chi connectivity index (χ4n) is 7.23. The molecule has 2 atom stereocenters. The molecule has 2 aromatic carbocycles. The molecule has 3 aromatic rings. The van der Waals surface area contributed by atoms with Gasteiger partial charge in [0.15, 0.2) is 0 Å². The third-order valence-corrected chi connectivity index (χ3v) is 9.49. The van der Waals surface area contributed by atoms with Crippen LogP contribution in [0.4, 0.5) is 20.3 Å². The van der Waals surface area contributed by atoms with Crippen LogP contribution in [0.5, 0.6) is 6.01 Å². The normalized spacial score (nSPS) is 21.3. The van der Waals surface area contributed by atoms with Crippen molar-refractivity contribution in [2.75, 3.05) is 62.2 Å². The van der Waals surface area contributed by atoms with E-state index in [0.717, 1.165) is 36.5 Å². The molecule has 11 heteroatoms. The Morgan fingerprint density at radius 3 is 2.74 bits per heavy atom. The smallest absolute Gasteiger partial charge is 0.318 e. The van der Waals surface area contributed by atoms with Crippen LogP contribution < -0.4 is 14.5 Å². The number of nitriles is 1. The van der Waals surface area contributed by atoms with Crippen LogP contribution >= 0.6 is 0 Å². The van der Waals surface area contributed by atoms with Gasteiger partial charge in [0.1, 0.15) is 18.7 Å². The zero-order valence-electron chi connectivity index (χ0n) is 26.5. The molecular formula is C35H43F2N7O2. The molecule has 0 spiro atoms. The molecule has 46 heavy (non-hydrogen) atoms. The van der Waals surface area contributed by atoms with Crippen molar-refractivity contribution in [3.8, 4) is 12.1 Å². The van der Waals surface area contributed by atoms with E-state index < -0.39 is 12.2 Å². The van der Waals surface area contributed by atoms with Gasteiger partial charge in [-0.1, -0.05) is 36.9 Å². The number of anilines is 2. The summed E-state index contributed by atoms with van der Waals surface area (Å²) in [5, 5.41) is 22.6. The second kappa shape index (κ2) is 13.9. The van der Waals surface area contributed by atoms with Gasteiger partial charge in [-0.05, 0) is 55.8 Å². The number of piperazine rings is 1. The van der Waals surface area contributed by atoms with Gasteiger partial charge in [0.2, 0.25) is 0 Å².